The van der Waals surface area contributed by atoms with Crippen LogP contribution in [0.3, 0.4) is 0 Å². The number of nitrogens with one attached hydrogen (secondary N) is 1. The second-order valence-corrected chi connectivity index (χ2v) is 5.62. The minimum Gasteiger partial charge on any atom is -0.326 e. The molecule has 0 aromatic carbocycles. The molecule has 1 aliphatic carbocycles. The highest BCUT2D eigenvalue weighted by Gasteiger charge is 2.44. The standard InChI is InChI=1S/C14H14N2OS/c1-9-7-10(4-5-15-9)16-14(17)12-8-11(12)13-3-2-6-18-13/h2-7,11-12H,8H2,1H3,(H,15,16,17). The molecule has 0 aliphatic heterocycles. The number of thiophene rings is 1. The highest BCUT2D eigenvalue weighted by Crippen LogP contribution is 2.49. The molecule has 3 rings (SSSR count). The van der Waals surface area contributed by atoms with E-state index in [2.05, 4.69) is 21.7 Å². The summed E-state index contributed by atoms with van der Waals surface area (Å²) >= 11 is 1.73. The van der Waals surface area contributed by atoms with Crippen LogP contribution in [0.2, 0.25) is 0 Å². The molecule has 0 saturated heterocycles. The summed E-state index contributed by atoms with van der Waals surface area (Å²) in [4.78, 5) is 17.5. The van der Waals surface area contributed by atoms with Crippen molar-refractivity contribution >= 4 is 22.9 Å². The van der Waals surface area contributed by atoms with E-state index in [-0.39, 0.29) is 11.8 Å². The molecule has 2 heterocycles. The number of anilines is 1. The monoisotopic (exact) mass is 258 g/mol. The largest absolute Gasteiger partial charge is 0.326 e. The van der Waals surface area contributed by atoms with E-state index in [1.165, 1.54) is 4.88 Å². The van der Waals surface area contributed by atoms with Crippen LogP contribution < -0.4 is 5.32 Å². The molecule has 1 N–H and O–H groups in total. The second-order valence-electron chi connectivity index (χ2n) is 4.64. The minimum absolute atomic E-state index is 0.124. The Hall–Kier alpha value is -1.68. The third-order valence-corrected chi connectivity index (χ3v) is 4.20. The van der Waals surface area contributed by atoms with Crippen LogP contribution in [0.1, 0.15) is 22.9 Å². The van der Waals surface area contributed by atoms with Gasteiger partial charge < -0.3 is 5.32 Å². The maximum atomic E-state index is 12.1. The fourth-order valence-electron chi connectivity index (χ4n) is 2.16. The van der Waals surface area contributed by atoms with E-state index >= 15 is 0 Å². The smallest absolute Gasteiger partial charge is 0.228 e. The summed E-state index contributed by atoms with van der Waals surface area (Å²) < 4.78 is 0. The molecule has 2 unspecified atom stereocenters. The van der Waals surface area contributed by atoms with E-state index in [1.54, 1.807) is 17.5 Å². The molecule has 92 valence electrons. The van der Waals surface area contributed by atoms with Crippen molar-refractivity contribution in [2.45, 2.75) is 19.3 Å². The van der Waals surface area contributed by atoms with Crippen molar-refractivity contribution in [1.82, 2.24) is 4.98 Å². The van der Waals surface area contributed by atoms with Crippen molar-refractivity contribution in [3.05, 3.63) is 46.4 Å². The number of aromatic nitrogens is 1. The van der Waals surface area contributed by atoms with Crippen molar-refractivity contribution in [3.63, 3.8) is 0 Å². The van der Waals surface area contributed by atoms with Crippen LogP contribution in [0.15, 0.2) is 35.8 Å². The summed E-state index contributed by atoms with van der Waals surface area (Å²) in [6.45, 7) is 1.92. The molecule has 1 fully saturated rings. The summed E-state index contributed by atoms with van der Waals surface area (Å²) in [5.41, 5.74) is 1.75. The average molecular weight is 258 g/mol. The summed E-state index contributed by atoms with van der Waals surface area (Å²) in [6.07, 6.45) is 2.69. The predicted octanol–water partition coefficient (Wildman–Crippen LogP) is 3.19. The lowest BCUT2D eigenvalue weighted by atomic mass is 10.2. The van der Waals surface area contributed by atoms with Crippen molar-refractivity contribution in [1.29, 1.82) is 0 Å². The number of hydrogen-bond acceptors (Lipinski definition) is 3. The normalized spacial score (nSPS) is 21.6. The molecular weight excluding hydrogens is 244 g/mol. The van der Waals surface area contributed by atoms with Gasteiger partial charge in [-0.3, -0.25) is 9.78 Å². The third-order valence-electron chi connectivity index (χ3n) is 3.20. The van der Waals surface area contributed by atoms with Crippen molar-refractivity contribution in [2.24, 2.45) is 5.92 Å². The molecule has 18 heavy (non-hydrogen) atoms. The number of pyridine rings is 1. The van der Waals surface area contributed by atoms with Crippen molar-refractivity contribution < 1.29 is 4.79 Å². The number of rotatable bonds is 3. The number of carbonyl (C=O) groups excluding carboxylic acids is 1. The van der Waals surface area contributed by atoms with Crippen LogP contribution in [-0.4, -0.2) is 10.9 Å². The minimum atomic E-state index is 0.124. The van der Waals surface area contributed by atoms with Gasteiger partial charge in [-0.2, -0.15) is 0 Å². The first-order valence-electron chi connectivity index (χ1n) is 6.01. The van der Waals surface area contributed by atoms with Crippen LogP contribution in [-0.2, 0) is 4.79 Å². The van der Waals surface area contributed by atoms with E-state index in [1.807, 2.05) is 25.1 Å². The highest BCUT2D eigenvalue weighted by molar-refractivity contribution is 7.10. The molecule has 1 aliphatic rings. The van der Waals surface area contributed by atoms with Gasteiger partial charge >= 0.3 is 0 Å². The predicted molar refractivity (Wildman–Crippen MR) is 72.8 cm³/mol. The van der Waals surface area contributed by atoms with Gasteiger partial charge in [-0.05, 0) is 36.9 Å². The summed E-state index contributed by atoms with van der Waals surface area (Å²) in [5.74, 6) is 0.684. The molecule has 0 radical (unpaired) electrons. The van der Waals surface area contributed by atoms with E-state index in [0.717, 1.165) is 17.8 Å². The molecule has 3 nitrogen and oxygen atoms in total. The van der Waals surface area contributed by atoms with Crippen LogP contribution in [0.25, 0.3) is 0 Å². The van der Waals surface area contributed by atoms with Crippen LogP contribution in [0.5, 0.6) is 0 Å². The van der Waals surface area contributed by atoms with Crippen LogP contribution in [0, 0.1) is 12.8 Å². The van der Waals surface area contributed by atoms with E-state index in [4.69, 9.17) is 0 Å². The van der Waals surface area contributed by atoms with E-state index < -0.39 is 0 Å². The Morgan fingerprint density at radius 3 is 3.11 bits per heavy atom. The SMILES string of the molecule is Cc1cc(NC(=O)C2CC2c2cccs2)ccn1. The number of aryl methyl sites for hydroxylation is 1. The summed E-state index contributed by atoms with van der Waals surface area (Å²) in [5, 5.41) is 5.03. The maximum Gasteiger partial charge on any atom is 0.228 e. The van der Waals surface area contributed by atoms with E-state index in [0.29, 0.717) is 5.92 Å². The van der Waals surface area contributed by atoms with Crippen molar-refractivity contribution in [3.8, 4) is 0 Å². The van der Waals surface area contributed by atoms with Gasteiger partial charge in [0.15, 0.2) is 0 Å². The van der Waals surface area contributed by atoms with Crippen LogP contribution in [0.4, 0.5) is 5.69 Å². The first-order valence-corrected chi connectivity index (χ1v) is 6.89. The number of nitrogens with zero attached hydrogens (tertiary/aromatic N) is 1. The van der Waals surface area contributed by atoms with Gasteiger partial charge in [0, 0.05) is 34.3 Å². The quantitative estimate of drug-likeness (QED) is 0.918. The molecule has 0 spiro atoms. The van der Waals surface area contributed by atoms with Crippen molar-refractivity contribution in [2.75, 3.05) is 5.32 Å². The Morgan fingerprint density at radius 2 is 2.39 bits per heavy atom. The van der Waals surface area contributed by atoms with Gasteiger partial charge in [-0.15, -0.1) is 11.3 Å². The Labute approximate surface area is 110 Å². The van der Waals surface area contributed by atoms with Gasteiger partial charge in [0.1, 0.15) is 0 Å². The van der Waals surface area contributed by atoms with Gasteiger partial charge in [0.2, 0.25) is 5.91 Å². The molecule has 4 heteroatoms. The zero-order valence-electron chi connectivity index (χ0n) is 10.1. The van der Waals surface area contributed by atoms with Crippen LogP contribution >= 0.6 is 11.3 Å². The Kier molecular flexibility index (Phi) is 2.88. The molecule has 2 atom stereocenters. The highest BCUT2D eigenvalue weighted by atomic mass is 32.1. The lowest BCUT2D eigenvalue weighted by molar-refractivity contribution is -0.117. The van der Waals surface area contributed by atoms with Gasteiger partial charge in [-0.1, -0.05) is 6.07 Å². The topological polar surface area (TPSA) is 42.0 Å². The molecule has 2 aromatic heterocycles. The molecule has 2 aromatic rings. The molecule has 1 saturated carbocycles. The Bertz CT molecular complexity index is 565. The van der Waals surface area contributed by atoms with Gasteiger partial charge in [0.25, 0.3) is 0 Å². The summed E-state index contributed by atoms with van der Waals surface area (Å²) in [6, 6.07) is 7.87. The number of amides is 1. The molecule has 1 amide bonds. The maximum absolute atomic E-state index is 12.1. The first kappa shape index (κ1) is 11.4. The molecular formula is C14H14N2OS. The lowest BCUT2D eigenvalue weighted by Crippen LogP contribution is -2.14. The van der Waals surface area contributed by atoms with Gasteiger partial charge in [-0.25, -0.2) is 0 Å². The second kappa shape index (κ2) is 4.53. The number of hydrogen-bond donors (Lipinski definition) is 1. The summed E-state index contributed by atoms with van der Waals surface area (Å²) in [7, 11) is 0. The van der Waals surface area contributed by atoms with E-state index in [9.17, 15) is 4.79 Å². The fraction of sp³-hybridized carbons (Fsp3) is 0.286. The lowest BCUT2D eigenvalue weighted by Gasteiger charge is -2.04. The third kappa shape index (κ3) is 2.29. The zero-order valence-corrected chi connectivity index (χ0v) is 10.9. The number of carbonyl (C=O) groups is 1. The Morgan fingerprint density at radius 1 is 1.50 bits per heavy atom. The average Bonchev–Trinajstić information content (AvgIpc) is 2.96. The fourth-order valence-corrected chi connectivity index (χ4v) is 3.07. The Balaban J connectivity index is 1.64. The molecule has 0 bridgehead atoms. The first-order chi connectivity index (χ1) is 8.74. The van der Waals surface area contributed by atoms with Gasteiger partial charge in [0.05, 0.1) is 0 Å². The zero-order chi connectivity index (χ0) is 12.5.